The van der Waals surface area contributed by atoms with Crippen LogP contribution in [0.25, 0.3) is 0 Å². The largest absolute Gasteiger partial charge is 0.353 e. The standard InChI is InChI=1S/C21H25NO2S/c1-15-10-11-19-21(16(15)2)22(17-7-3-4-8-18(17)25-19)12-14-24-20-9-5-6-13-23-20/h3-4,7-8,10-11,20H,5-6,9,12-14H2,1-2H3. The maximum absolute atomic E-state index is 6.02. The Labute approximate surface area is 154 Å². The zero-order valence-corrected chi connectivity index (χ0v) is 15.8. The molecule has 3 nitrogen and oxygen atoms in total. The third-order valence-electron chi connectivity index (χ3n) is 5.07. The average molecular weight is 356 g/mol. The molecule has 2 aliphatic heterocycles. The number of nitrogens with zero attached hydrogens (tertiary/aromatic N) is 1. The summed E-state index contributed by atoms with van der Waals surface area (Å²) < 4.78 is 11.7. The third-order valence-corrected chi connectivity index (χ3v) is 6.18. The van der Waals surface area contributed by atoms with Crippen molar-refractivity contribution in [1.82, 2.24) is 0 Å². The molecule has 0 bridgehead atoms. The third kappa shape index (κ3) is 3.43. The van der Waals surface area contributed by atoms with Gasteiger partial charge in [0.15, 0.2) is 6.29 Å². The number of fused-ring (bicyclic) bond motifs is 2. The summed E-state index contributed by atoms with van der Waals surface area (Å²) in [7, 11) is 0. The van der Waals surface area contributed by atoms with Gasteiger partial charge in [-0.15, -0.1) is 0 Å². The second-order valence-corrected chi connectivity index (χ2v) is 7.83. The lowest BCUT2D eigenvalue weighted by molar-refractivity contribution is -0.160. The molecule has 132 valence electrons. The number of ether oxygens (including phenoxy) is 2. The number of hydrogen-bond acceptors (Lipinski definition) is 4. The second kappa shape index (κ2) is 7.40. The maximum atomic E-state index is 6.02. The smallest absolute Gasteiger partial charge is 0.157 e. The van der Waals surface area contributed by atoms with Gasteiger partial charge in [0.25, 0.3) is 0 Å². The number of para-hydroxylation sites is 1. The van der Waals surface area contributed by atoms with Gasteiger partial charge in [0.05, 0.1) is 18.0 Å². The van der Waals surface area contributed by atoms with Crippen molar-refractivity contribution >= 4 is 23.1 Å². The minimum atomic E-state index is -0.0266. The molecule has 0 radical (unpaired) electrons. The molecule has 2 aliphatic rings. The zero-order valence-electron chi connectivity index (χ0n) is 15.0. The molecule has 25 heavy (non-hydrogen) atoms. The summed E-state index contributed by atoms with van der Waals surface area (Å²) in [6.07, 6.45) is 3.35. The molecule has 4 heteroatoms. The number of aryl methyl sites for hydroxylation is 1. The van der Waals surface area contributed by atoms with Crippen LogP contribution in [-0.2, 0) is 9.47 Å². The van der Waals surface area contributed by atoms with Crippen molar-refractivity contribution in [1.29, 1.82) is 0 Å². The summed E-state index contributed by atoms with van der Waals surface area (Å²) in [4.78, 5) is 5.06. The highest BCUT2D eigenvalue weighted by Gasteiger charge is 2.25. The lowest BCUT2D eigenvalue weighted by Gasteiger charge is -2.35. The highest BCUT2D eigenvalue weighted by molar-refractivity contribution is 7.99. The Morgan fingerprint density at radius 2 is 2.00 bits per heavy atom. The van der Waals surface area contributed by atoms with E-state index in [9.17, 15) is 0 Å². The van der Waals surface area contributed by atoms with Crippen molar-refractivity contribution < 1.29 is 9.47 Å². The first kappa shape index (κ1) is 17.0. The minimum Gasteiger partial charge on any atom is -0.353 e. The fraction of sp³-hybridized carbons (Fsp3) is 0.429. The van der Waals surface area contributed by atoms with Crippen LogP contribution in [0.5, 0.6) is 0 Å². The number of benzene rings is 2. The molecule has 0 spiro atoms. The van der Waals surface area contributed by atoms with Gasteiger partial charge in [0.1, 0.15) is 0 Å². The van der Waals surface area contributed by atoms with E-state index in [2.05, 4.69) is 55.1 Å². The molecule has 4 rings (SSSR count). The fourth-order valence-electron chi connectivity index (χ4n) is 3.55. The summed E-state index contributed by atoms with van der Waals surface area (Å²) in [5.41, 5.74) is 5.30. The molecule has 0 amide bonds. The van der Waals surface area contributed by atoms with E-state index < -0.39 is 0 Å². The van der Waals surface area contributed by atoms with Crippen LogP contribution in [0, 0.1) is 13.8 Å². The van der Waals surface area contributed by atoms with Gasteiger partial charge in [-0.3, -0.25) is 0 Å². The Morgan fingerprint density at radius 3 is 2.84 bits per heavy atom. The zero-order chi connectivity index (χ0) is 17.2. The molecule has 0 aliphatic carbocycles. The van der Waals surface area contributed by atoms with Gasteiger partial charge in [-0.2, -0.15) is 0 Å². The van der Waals surface area contributed by atoms with E-state index in [0.717, 1.165) is 26.0 Å². The van der Waals surface area contributed by atoms with E-state index >= 15 is 0 Å². The van der Waals surface area contributed by atoms with Gasteiger partial charge in [0, 0.05) is 22.9 Å². The molecule has 1 fully saturated rings. The number of anilines is 2. The van der Waals surface area contributed by atoms with Gasteiger partial charge >= 0.3 is 0 Å². The van der Waals surface area contributed by atoms with Gasteiger partial charge in [-0.05, 0) is 62.4 Å². The van der Waals surface area contributed by atoms with Crippen LogP contribution in [0.15, 0.2) is 46.2 Å². The van der Waals surface area contributed by atoms with Crippen molar-refractivity contribution in [2.45, 2.75) is 49.2 Å². The molecule has 1 atom stereocenters. The molecule has 1 unspecified atom stereocenters. The van der Waals surface area contributed by atoms with Crippen LogP contribution in [-0.4, -0.2) is 26.0 Å². The van der Waals surface area contributed by atoms with Crippen molar-refractivity contribution in [3.05, 3.63) is 47.5 Å². The van der Waals surface area contributed by atoms with E-state index in [4.69, 9.17) is 9.47 Å². The first-order valence-corrected chi connectivity index (χ1v) is 9.93. The highest BCUT2D eigenvalue weighted by atomic mass is 32.2. The lowest BCUT2D eigenvalue weighted by Crippen LogP contribution is -2.30. The van der Waals surface area contributed by atoms with Gasteiger partial charge in [-0.25, -0.2) is 0 Å². The molecule has 0 N–H and O–H groups in total. The van der Waals surface area contributed by atoms with Crippen LogP contribution in [0.2, 0.25) is 0 Å². The molecular formula is C21H25NO2S. The maximum Gasteiger partial charge on any atom is 0.157 e. The SMILES string of the molecule is Cc1ccc2c(c1C)N(CCOC1CCCCO1)c1ccccc1S2. The van der Waals surface area contributed by atoms with Crippen LogP contribution in [0.4, 0.5) is 11.4 Å². The number of rotatable bonds is 4. The average Bonchev–Trinajstić information content (AvgIpc) is 2.65. The Morgan fingerprint density at radius 1 is 1.12 bits per heavy atom. The van der Waals surface area contributed by atoms with Crippen molar-refractivity contribution in [2.75, 3.05) is 24.7 Å². The summed E-state index contributed by atoms with van der Waals surface area (Å²) in [6, 6.07) is 13.1. The van der Waals surface area contributed by atoms with E-state index in [1.54, 1.807) is 0 Å². The van der Waals surface area contributed by atoms with Crippen molar-refractivity contribution in [2.24, 2.45) is 0 Å². The van der Waals surface area contributed by atoms with E-state index in [0.29, 0.717) is 6.61 Å². The normalized spacial score (nSPS) is 19.4. The first-order chi connectivity index (χ1) is 12.2. The lowest BCUT2D eigenvalue weighted by atomic mass is 10.1. The predicted molar refractivity (Wildman–Crippen MR) is 103 cm³/mol. The summed E-state index contributed by atoms with van der Waals surface area (Å²) >= 11 is 1.86. The molecule has 2 aromatic carbocycles. The van der Waals surface area contributed by atoms with E-state index in [1.807, 2.05) is 11.8 Å². The van der Waals surface area contributed by atoms with Crippen LogP contribution < -0.4 is 4.90 Å². The highest BCUT2D eigenvalue weighted by Crippen LogP contribution is 2.49. The van der Waals surface area contributed by atoms with E-state index in [1.165, 1.54) is 38.7 Å². The van der Waals surface area contributed by atoms with Crippen LogP contribution >= 0.6 is 11.8 Å². The summed E-state index contributed by atoms with van der Waals surface area (Å²) in [6.45, 7) is 6.76. The molecule has 2 aromatic rings. The Hall–Kier alpha value is -1.49. The fourth-order valence-corrected chi connectivity index (χ4v) is 4.71. The molecule has 1 saturated heterocycles. The number of hydrogen-bond donors (Lipinski definition) is 0. The Bertz CT molecular complexity index is 756. The van der Waals surface area contributed by atoms with E-state index in [-0.39, 0.29) is 6.29 Å². The summed E-state index contributed by atoms with van der Waals surface area (Å²) in [5.74, 6) is 0. The Kier molecular flexibility index (Phi) is 5.02. The molecule has 2 heterocycles. The Balaban J connectivity index is 1.58. The quantitative estimate of drug-likeness (QED) is 0.727. The topological polar surface area (TPSA) is 21.7 Å². The van der Waals surface area contributed by atoms with Gasteiger partial charge < -0.3 is 14.4 Å². The molecular weight excluding hydrogens is 330 g/mol. The first-order valence-electron chi connectivity index (χ1n) is 9.12. The minimum absolute atomic E-state index is 0.0266. The van der Waals surface area contributed by atoms with Crippen LogP contribution in [0.1, 0.15) is 30.4 Å². The molecule has 0 aromatic heterocycles. The van der Waals surface area contributed by atoms with Gasteiger partial charge in [0.2, 0.25) is 0 Å². The van der Waals surface area contributed by atoms with Crippen LogP contribution in [0.3, 0.4) is 0 Å². The van der Waals surface area contributed by atoms with Crippen molar-refractivity contribution in [3.63, 3.8) is 0 Å². The van der Waals surface area contributed by atoms with Crippen molar-refractivity contribution in [3.8, 4) is 0 Å². The summed E-state index contributed by atoms with van der Waals surface area (Å²) in [5, 5.41) is 0. The predicted octanol–water partition coefficient (Wildman–Crippen LogP) is 5.45. The second-order valence-electron chi connectivity index (χ2n) is 6.74. The van der Waals surface area contributed by atoms with Gasteiger partial charge in [-0.1, -0.05) is 30.0 Å². The monoisotopic (exact) mass is 355 g/mol. The molecule has 0 saturated carbocycles.